The number of hydrogen-bond acceptors (Lipinski definition) is 3. The zero-order valence-corrected chi connectivity index (χ0v) is 13.3. The fraction of sp³-hybridized carbons (Fsp3) is 0.556. The third-order valence-corrected chi connectivity index (χ3v) is 5.12. The maximum atomic E-state index is 12.2. The van der Waals surface area contributed by atoms with Crippen LogP contribution >= 0.6 is 0 Å². The van der Waals surface area contributed by atoms with E-state index < -0.39 is 0 Å². The van der Waals surface area contributed by atoms with Crippen molar-refractivity contribution >= 4 is 16.9 Å². The van der Waals surface area contributed by atoms with E-state index in [9.17, 15) is 4.79 Å². The number of amides is 1. The minimum Gasteiger partial charge on any atom is -0.373 e. The Labute approximate surface area is 135 Å². The Balaban J connectivity index is 1.29. The molecule has 2 N–H and O–H groups in total. The summed E-state index contributed by atoms with van der Waals surface area (Å²) in [6.07, 6.45) is 6.89. The van der Waals surface area contributed by atoms with E-state index >= 15 is 0 Å². The fourth-order valence-electron chi connectivity index (χ4n) is 3.96. The number of carbonyl (C=O) groups is 1. The molecule has 2 fully saturated rings. The lowest BCUT2D eigenvalue weighted by Crippen LogP contribution is -2.36. The van der Waals surface area contributed by atoms with E-state index in [1.54, 1.807) is 0 Å². The van der Waals surface area contributed by atoms with Crippen LogP contribution in [-0.2, 0) is 16.0 Å². The molecule has 1 saturated heterocycles. The van der Waals surface area contributed by atoms with Crippen LogP contribution in [0.15, 0.2) is 24.3 Å². The molecule has 1 aliphatic heterocycles. The van der Waals surface area contributed by atoms with Gasteiger partial charge in [0, 0.05) is 12.8 Å². The average Bonchev–Trinajstić information content (AvgIpc) is 3.26. The number of rotatable bonds is 4. The summed E-state index contributed by atoms with van der Waals surface area (Å²) >= 11 is 0. The van der Waals surface area contributed by atoms with Crippen LogP contribution in [0.2, 0.25) is 0 Å². The number of aryl methyl sites for hydroxylation is 1. The van der Waals surface area contributed by atoms with Gasteiger partial charge in [0.25, 0.3) is 0 Å². The van der Waals surface area contributed by atoms with Crippen LogP contribution in [0, 0.1) is 0 Å². The van der Waals surface area contributed by atoms with Gasteiger partial charge in [-0.3, -0.25) is 4.79 Å². The number of imidazole rings is 1. The second-order valence-corrected chi connectivity index (χ2v) is 6.87. The van der Waals surface area contributed by atoms with Crippen molar-refractivity contribution in [2.75, 3.05) is 6.61 Å². The van der Waals surface area contributed by atoms with Crippen molar-refractivity contribution in [3.05, 3.63) is 30.1 Å². The van der Waals surface area contributed by atoms with Gasteiger partial charge in [-0.1, -0.05) is 25.0 Å². The molecule has 0 bridgehead atoms. The zero-order chi connectivity index (χ0) is 15.7. The second-order valence-electron chi connectivity index (χ2n) is 6.87. The molecule has 1 aliphatic carbocycles. The van der Waals surface area contributed by atoms with Crippen LogP contribution in [0.25, 0.3) is 11.0 Å². The first-order valence-corrected chi connectivity index (χ1v) is 8.59. The van der Waals surface area contributed by atoms with Gasteiger partial charge in [-0.15, -0.1) is 0 Å². The number of nitrogens with one attached hydrogen (secondary N) is 2. The van der Waals surface area contributed by atoms with Gasteiger partial charge in [0.1, 0.15) is 5.82 Å². The van der Waals surface area contributed by atoms with E-state index in [-0.39, 0.29) is 17.6 Å². The first kappa shape index (κ1) is 14.7. The third-order valence-electron chi connectivity index (χ3n) is 5.12. The number of benzene rings is 1. The minimum atomic E-state index is 0.0662. The van der Waals surface area contributed by atoms with Crippen LogP contribution in [0.5, 0.6) is 0 Å². The summed E-state index contributed by atoms with van der Waals surface area (Å²) in [7, 11) is 0. The van der Waals surface area contributed by atoms with Gasteiger partial charge < -0.3 is 15.0 Å². The van der Waals surface area contributed by atoms with Crippen LogP contribution in [0.1, 0.15) is 44.3 Å². The maximum Gasteiger partial charge on any atom is 0.220 e. The molecule has 1 atom stereocenters. The molecule has 2 aliphatic rings. The van der Waals surface area contributed by atoms with Gasteiger partial charge in [-0.2, -0.15) is 0 Å². The number of fused-ring (bicyclic) bond motifs is 1. The summed E-state index contributed by atoms with van der Waals surface area (Å²) in [6.45, 7) is 0.663. The summed E-state index contributed by atoms with van der Waals surface area (Å²) in [5.74, 6) is 0.963. The molecule has 4 rings (SSSR count). The van der Waals surface area contributed by atoms with Crippen molar-refractivity contribution in [3.63, 3.8) is 0 Å². The first-order valence-electron chi connectivity index (χ1n) is 8.59. The normalized spacial score (nSPS) is 22.9. The Kier molecular flexibility index (Phi) is 3.81. The van der Waals surface area contributed by atoms with Crippen LogP contribution in [0.3, 0.4) is 0 Å². The Morgan fingerprint density at radius 3 is 3.00 bits per heavy atom. The van der Waals surface area contributed by atoms with Gasteiger partial charge in [-0.05, 0) is 31.4 Å². The molecule has 1 saturated carbocycles. The SMILES string of the molecule is O=C(CCc1nc2ccccc2[nH]1)NC1COC2(CCCC2)C1. The van der Waals surface area contributed by atoms with Crippen molar-refractivity contribution in [2.45, 2.75) is 56.6 Å². The van der Waals surface area contributed by atoms with Crippen LogP contribution < -0.4 is 5.32 Å². The third kappa shape index (κ3) is 3.11. The lowest BCUT2D eigenvalue weighted by Gasteiger charge is -2.21. The van der Waals surface area contributed by atoms with E-state index in [1.165, 1.54) is 12.8 Å². The van der Waals surface area contributed by atoms with E-state index in [4.69, 9.17) is 4.74 Å². The summed E-state index contributed by atoms with van der Waals surface area (Å²) in [5, 5.41) is 3.13. The number of aromatic amines is 1. The van der Waals surface area contributed by atoms with E-state index in [0.717, 1.165) is 36.1 Å². The fourth-order valence-corrected chi connectivity index (χ4v) is 3.96. The molecular weight excluding hydrogens is 290 g/mol. The van der Waals surface area contributed by atoms with Crippen molar-refractivity contribution < 1.29 is 9.53 Å². The van der Waals surface area contributed by atoms with Crippen LogP contribution in [-0.4, -0.2) is 34.1 Å². The molecule has 1 aromatic carbocycles. The summed E-state index contributed by atoms with van der Waals surface area (Å²) < 4.78 is 5.98. The predicted octanol–water partition coefficient (Wildman–Crippen LogP) is 2.71. The smallest absolute Gasteiger partial charge is 0.220 e. The van der Waals surface area contributed by atoms with E-state index in [1.807, 2.05) is 24.3 Å². The first-order chi connectivity index (χ1) is 11.2. The topological polar surface area (TPSA) is 67.0 Å². The molecule has 1 amide bonds. The average molecular weight is 313 g/mol. The Morgan fingerprint density at radius 2 is 2.17 bits per heavy atom. The number of hydrogen-bond donors (Lipinski definition) is 2. The number of aromatic nitrogens is 2. The lowest BCUT2D eigenvalue weighted by atomic mass is 9.96. The van der Waals surface area contributed by atoms with Crippen molar-refractivity contribution in [3.8, 4) is 0 Å². The monoisotopic (exact) mass is 313 g/mol. The summed E-state index contributed by atoms with van der Waals surface area (Å²) in [6, 6.07) is 8.11. The predicted molar refractivity (Wildman–Crippen MR) is 88.1 cm³/mol. The Hall–Kier alpha value is -1.88. The summed E-state index contributed by atoms with van der Waals surface area (Å²) in [5.41, 5.74) is 2.04. The molecule has 1 unspecified atom stereocenters. The van der Waals surface area contributed by atoms with Crippen molar-refractivity contribution in [1.82, 2.24) is 15.3 Å². The largest absolute Gasteiger partial charge is 0.373 e. The second kappa shape index (κ2) is 5.96. The molecule has 0 radical (unpaired) electrons. The molecule has 2 aromatic rings. The van der Waals surface area contributed by atoms with Crippen LogP contribution in [0.4, 0.5) is 0 Å². The highest BCUT2D eigenvalue weighted by atomic mass is 16.5. The highest BCUT2D eigenvalue weighted by Gasteiger charge is 2.42. The number of H-pyrrole nitrogens is 1. The molecular formula is C18H23N3O2. The van der Waals surface area contributed by atoms with Crippen molar-refractivity contribution in [2.24, 2.45) is 0 Å². The molecule has 2 heterocycles. The molecule has 5 nitrogen and oxygen atoms in total. The van der Waals surface area contributed by atoms with E-state index in [2.05, 4.69) is 15.3 Å². The Morgan fingerprint density at radius 1 is 1.35 bits per heavy atom. The van der Waals surface area contributed by atoms with Gasteiger partial charge in [0.2, 0.25) is 5.91 Å². The molecule has 23 heavy (non-hydrogen) atoms. The lowest BCUT2D eigenvalue weighted by molar-refractivity contribution is -0.121. The highest BCUT2D eigenvalue weighted by molar-refractivity contribution is 5.77. The van der Waals surface area contributed by atoms with Gasteiger partial charge in [0.05, 0.1) is 29.3 Å². The number of ether oxygens (including phenoxy) is 1. The minimum absolute atomic E-state index is 0.0662. The maximum absolute atomic E-state index is 12.2. The quantitative estimate of drug-likeness (QED) is 0.912. The molecule has 1 aromatic heterocycles. The molecule has 5 heteroatoms. The van der Waals surface area contributed by atoms with Gasteiger partial charge in [0.15, 0.2) is 0 Å². The number of nitrogens with zero attached hydrogens (tertiary/aromatic N) is 1. The molecule has 1 spiro atoms. The number of carbonyl (C=O) groups excluding carboxylic acids is 1. The number of para-hydroxylation sites is 2. The van der Waals surface area contributed by atoms with Gasteiger partial charge in [-0.25, -0.2) is 4.98 Å². The van der Waals surface area contributed by atoms with Crippen molar-refractivity contribution in [1.29, 1.82) is 0 Å². The standard InChI is InChI=1S/C18H23N3O2/c22-17(19-13-11-18(23-12-13)9-3-4-10-18)8-7-16-20-14-5-1-2-6-15(14)21-16/h1-2,5-6,13H,3-4,7-12H2,(H,19,22)(H,20,21). The van der Waals surface area contributed by atoms with E-state index in [0.29, 0.717) is 19.4 Å². The molecule has 122 valence electrons. The highest BCUT2D eigenvalue weighted by Crippen LogP contribution is 2.40. The van der Waals surface area contributed by atoms with Gasteiger partial charge >= 0.3 is 0 Å². The Bertz CT molecular complexity index is 670. The zero-order valence-electron chi connectivity index (χ0n) is 13.3. The summed E-state index contributed by atoms with van der Waals surface area (Å²) in [4.78, 5) is 20.0.